The Labute approximate surface area is 195 Å². The maximum atomic E-state index is 6.36. The molecule has 0 radical (unpaired) electrons. The van der Waals surface area contributed by atoms with Gasteiger partial charge in [-0.1, -0.05) is 68.4 Å². The quantitative estimate of drug-likeness (QED) is 0.328. The first-order chi connectivity index (χ1) is 15.6. The lowest BCUT2D eigenvalue weighted by molar-refractivity contribution is 0.00578. The van der Waals surface area contributed by atoms with Gasteiger partial charge in [0, 0.05) is 21.9 Å². The summed E-state index contributed by atoms with van der Waals surface area (Å²) in [6, 6.07) is 23.6. The number of hydrogen-bond acceptors (Lipinski definition) is 3. The Kier molecular flexibility index (Phi) is 4.17. The molecule has 2 heterocycles. The van der Waals surface area contributed by atoms with Gasteiger partial charge >= 0.3 is 7.12 Å². The number of benzene rings is 3. The van der Waals surface area contributed by atoms with E-state index in [1.165, 1.54) is 33.2 Å². The van der Waals surface area contributed by atoms with E-state index in [1.807, 2.05) is 6.07 Å². The molecule has 3 nitrogen and oxygen atoms in total. The molecule has 1 aromatic heterocycles. The molecule has 0 spiro atoms. The van der Waals surface area contributed by atoms with Crippen LogP contribution >= 0.6 is 0 Å². The van der Waals surface area contributed by atoms with Gasteiger partial charge in [0.2, 0.25) is 0 Å². The Morgan fingerprint density at radius 1 is 0.697 bits per heavy atom. The Bertz CT molecular complexity index is 1380. The molecule has 0 N–H and O–H groups in total. The van der Waals surface area contributed by atoms with Crippen molar-refractivity contribution in [2.75, 3.05) is 0 Å². The van der Waals surface area contributed by atoms with E-state index in [2.05, 4.69) is 102 Å². The van der Waals surface area contributed by atoms with E-state index in [-0.39, 0.29) is 23.7 Å². The van der Waals surface area contributed by atoms with Crippen molar-refractivity contribution in [2.24, 2.45) is 0 Å². The summed E-state index contributed by atoms with van der Waals surface area (Å²) in [4.78, 5) is 0. The van der Waals surface area contributed by atoms with E-state index in [9.17, 15) is 0 Å². The number of furan rings is 1. The van der Waals surface area contributed by atoms with Gasteiger partial charge in [0.15, 0.2) is 0 Å². The average molecular weight is 436 g/mol. The molecule has 33 heavy (non-hydrogen) atoms. The van der Waals surface area contributed by atoms with Crippen molar-refractivity contribution in [1.82, 2.24) is 0 Å². The topological polar surface area (TPSA) is 31.6 Å². The van der Waals surface area contributed by atoms with Crippen molar-refractivity contribution in [3.05, 3.63) is 77.9 Å². The molecule has 166 valence electrons. The van der Waals surface area contributed by atoms with E-state index in [1.54, 1.807) is 0 Å². The third-order valence-electron chi connectivity index (χ3n) is 7.93. The van der Waals surface area contributed by atoms with Crippen molar-refractivity contribution in [3.63, 3.8) is 0 Å². The largest absolute Gasteiger partial charge is 0.494 e. The third-order valence-corrected chi connectivity index (χ3v) is 7.93. The summed E-state index contributed by atoms with van der Waals surface area (Å²) in [5.41, 5.74) is 7.38. The lowest BCUT2D eigenvalue weighted by Gasteiger charge is -2.32. The molecular weight excluding hydrogens is 407 g/mol. The van der Waals surface area contributed by atoms with Gasteiger partial charge in [0.05, 0.1) is 11.2 Å². The van der Waals surface area contributed by atoms with Crippen molar-refractivity contribution < 1.29 is 13.7 Å². The van der Waals surface area contributed by atoms with Gasteiger partial charge in [-0.15, -0.1) is 0 Å². The van der Waals surface area contributed by atoms with Crippen LogP contribution in [0, 0.1) is 0 Å². The third kappa shape index (κ3) is 2.90. The molecule has 0 amide bonds. The summed E-state index contributed by atoms with van der Waals surface area (Å²) < 4.78 is 18.8. The fourth-order valence-electron chi connectivity index (χ4n) is 5.26. The lowest BCUT2D eigenvalue weighted by Crippen LogP contribution is -2.41. The van der Waals surface area contributed by atoms with Crippen LogP contribution in [0.1, 0.15) is 52.7 Å². The zero-order chi connectivity index (χ0) is 23.2. The van der Waals surface area contributed by atoms with Crippen LogP contribution in [-0.2, 0) is 14.7 Å². The second-order valence-corrected chi connectivity index (χ2v) is 10.9. The summed E-state index contributed by atoms with van der Waals surface area (Å²) in [5, 5.41) is 1.21. The molecule has 0 unspecified atom stereocenters. The van der Waals surface area contributed by atoms with Gasteiger partial charge in [0.25, 0.3) is 0 Å². The number of fused-ring (bicyclic) bond motifs is 5. The molecule has 0 bridgehead atoms. The molecule has 1 aliphatic heterocycles. The average Bonchev–Trinajstić information content (AvgIpc) is 3.34. The van der Waals surface area contributed by atoms with Crippen LogP contribution in [0.5, 0.6) is 0 Å². The molecule has 6 rings (SSSR count). The Hall–Kier alpha value is -2.82. The number of para-hydroxylation sites is 1. The molecule has 0 saturated carbocycles. The highest BCUT2D eigenvalue weighted by Gasteiger charge is 2.51. The smallest absolute Gasteiger partial charge is 0.456 e. The Morgan fingerprint density at radius 2 is 1.33 bits per heavy atom. The molecule has 1 fully saturated rings. The minimum Gasteiger partial charge on any atom is -0.456 e. The van der Waals surface area contributed by atoms with E-state index in [0.29, 0.717) is 0 Å². The number of rotatable bonds is 2. The van der Waals surface area contributed by atoms with Crippen LogP contribution in [0.15, 0.2) is 71.1 Å². The van der Waals surface area contributed by atoms with Gasteiger partial charge in [-0.05, 0) is 62.0 Å². The van der Waals surface area contributed by atoms with Gasteiger partial charge < -0.3 is 13.7 Å². The van der Waals surface area contributed by atoms with Gasteiger partial charge in [-0.2, -0.15) is 0 Å². The first-order valence-electron chi connectivity index (χ1n) is 11.7. The predicted molar refractivity (Wildman–Crippen MR) is 135 cm³/mol. The molecule has 4 heteroatoms. The molecular formula is C29H29BO3. The van der Waals surface area contributed by atoms with Gasteiger partial charge in [-0.3, -0.25) is 0 Å². The second kappa shape index (κ2) is 6.62. The zero-order valence-electron chi connectivity index (χ0n) is 20.2. The maximum absolute atomic E-state index is 6.36. The molecule has 2 aliphatic rings. The van der Waals surface area contributed by atoms with Crippen molar-refractivity contribution in [3.8, 4) is 22.5 Å². The summed E-state index contributed by atoms with van der Waals surface area (Å²) in [7, 11) is -0.344. The SMILES string of the molecule is CC1(C)c2ccc(-c3ccc(B4OC(C)(C)C(C)(C)O4)cc3)cc2-c2oc3ccccc3c21. The monoisotopic (exact) mass is 436 g/mol. The first kappa shape index (κ1) is 20.8. The van der Waals surface area contributed by atoms with E-state index >= 15 is 0 Å². The first-order valence-corrected chi connectivity index (χ1v) is 11.7. The van der Waals surface area contributed by atoms with Crippen LogP contribution in [0.25, 0.3) is 33.4 Å². The summed E-state index contributed by atoms with van der Waals surface area (Å²) in [6.45, 7) is 12.9. The Balaban J connectivity index is 1.37. The Morgan fingerprint density at radius 3 is 2.03 bits per heavy atom. The van der Waals surface area contributed by atoms with E-state index in [0.717, 1.165) is 16.8 Å². The van der Waals surface area contributed by atoms with E-state index in [4.69, 9.17) is 13.7 Å². The molecule has 4 aromatic rings. The highest BCUT2D eigenvalue weighted by Crippen LogP contribution is 2.53. The van der Waals surface area contributed by atoms with Gasteiger partial charge in [-0.25, -0.2) is 0 Å². The zero-order valence-corrected chi connectivity index (χ0v) is 20.2. The predicted octanol–water partition coefficient (Wildman–Crippen LogP) is 6.71. The summed E-state index contributed by atoms with van der Waals surface area (Å²) >= 11 is 0. The van der Waals surface area contributed by atoms with Gasteiger partial charge in [0.1, 0.15) is 11.3 Å². The normalized spacial score (nSPS) is 19.6. The maximum Gasteiger partial charge on any atom is 0.494 e. The van der Waals surface area contributed by atoms with Crippen LogP contribution in [0.4, 0.5) is 0 Å². The van der Waals surface area contributed by atoms with Crippen molar-refractivity contribution >= 4 is 23.6 Å². The van der Waals surface area contributed by atoms with Crippen LogP contribution in [-0.4, -0.2) is 18.3 Å². The number of hydrogen-bond donors (Lipinski definition) is 0. The fraction of sp³-hybridized carbons (Fsp3) is 0.310. The highest BCUT2D eigenvalue weighted by molar-refractivity contribution is 6.62. The minimum absolute atomic E-state index is 0.0869. The van der Waals surface area contributed by atoms with Crippen LogP contribution < -0.4 is 5.46 Å². The fourth-order valence-corrected chi connectivity index (χ4v) is 5.26. The van der Waals surface area contributed by atoms with Crippen LogP contribution in [0.3, 0.4) is 0 Å². The van der Waals surface area contributed by atoms with Crippen molar-refractivity contribution in [1.29, 1.82) is 0 Å². The summed E-state index contributed by atoms with van der Waals surface area (Å²) in [6.07, 6.45) is 0. The van der Waals surface area contributed by atoms with E-state index < -0.39 is 0 Å². The molecule has 3 aromatic carbocycles. The minimum atomic E-state index is -0.344. The van der Waals surface area contributed by atoms with Crippen molar-refractivity contribution in [2.45, 2.75) is 58.2 Å². The molecule has 0 atom stereocenters. The van der Waals surface area contributed by atoms with Crippen LogP contribution in [0.2, 0.25) is 0 Å². The summed E-state index contributed by atoms with van der Waals surface area (Å²) in [5.74, 6) is 1.01. The standard InChI is InChI=1S/C29H29BO3/c1-27(2)23-16-13-19(17-22(23)26-25(27)21-9-7-8-10-24(21)31-26)18-11-14-20(15-12-18)30-32-28(3,4)29(5,6)33-30/h7-17H,1-6H3. The lowest BCUT2D eigenvalue weighted by atomic mass is 9.78. The highest BCUT2D eigenvalue weighted by atomic mass is 16.7. The molecule has 1 aliphatic carbocycles. The second-order valence-electron chi connectivity index (χ2n) is 10.9. The molecule has 1 saturated heterocycles.